The van der Waals surface area contributed by atoms with Gasteiger partial charge in [-0.25, -0.2) is 0 Å². The summed E-state index contributed by atoms with van der Waals surface area (Å²) in [6.45, 7) is 6.60. The second-order valence-electron chi connectivity index (χ2n) is 7.76. The van der Waals surface area contributed by atoms with Crippen LogP contribution in [0.2, 0.25) is 0 Å². The van der Waals surface area contributed by atoms with Crippen molar-refractivity contribution in [1.82, 2.24) is 4.57 Å². The fourth-order valence-electron chi connectivity index (χ4n) is 3.57. The molecule has 3 heteroatoms. The van der Waals surface area contributed by atoms with Crippen LogP contribution in [0, 0.1) is 0 Å². The molecule has 0 aliphatic heterocycles. The molecule has 0 saturated carbocycles. The third-order valence-electron chi connectivity index (χ3n) is 5.00. The zero-order valence-corrected chi connectivity index (χ0v) is 16.8. The van der Waals surface area contributed by atoms with Gasteiger partial charge >= 0.3 is 0 Å². The van der Waals surface area contributed by atoms with E-state index in [0.717, 1.165) is 22.3 Å². The van der Waals surface area contributed by atoms with Crippen LogP contribution in [0.5, 0.6) is 5.75 Å². The lowest BCUT2D eigenvalue weighted by Gasteiger charge is -2.23. The molecule has 0 atom stereocenters. The van der Waals surface area contributed by atoms with Crippen LogP contribution < -0.4 is 0 Å². The topological polar surface area (TPSA) is 25.2 Å². The number of para-hydroxylation sites is 2. The zero-order valence-electron chi connectivity index (χ0n) is 15.3. The highest BCUT2D eigenvalue weighted by molar-refractivity contribution is 9.08. The maximum Gasteiger partial charge on any atom is 0.143 e. The molecular weight excluding hydrogens is 386 g/mol. The maximum absolute atomic E-state index is 11.0. The number of nitrogens with zero attached hydrogens (tertiary/aromatic N) is 1. The van der Waals surface area contributed by atoms with Gasteiger partial charge in [0.1, 0.15) is 5.75 Å². The summed E-state index contributed by atoms with van der Waals surface area (Å²) >= 11 is 3.54. The molecule has 132 valence electrons. The molecule has 0 aliphatic carbocycles. The lowest BCUT2D eigenvalue weighted by molar-refractivity contribution is 0.467. The molecule has 0 amide bonds. The predicted octanol–water partition coefficient (Wildman–Crippen LogP) is 6.68. The number of hydrogen-bond acceptors (Lipinski definition) is 1. The first kappa shape index (κ1) is 17.2. The Morgan fingerprint density at radius 3 is 1.92 bits per heavy atom. The number of benzene rings is 3. The van der Waals surface area contributed by atoms with Crippen LogP contribution in [0.1, 0.15) is 31.9 Å². The van der Waals surface area contributed by atoms with Crippen LogP contribution in [0.25, 0.3) is 27.5 Å². The number of phenolic OH excluding ortho intramolecular Hbond substituents is 1. The van der Waals surface area contributed by atoms with Crippen molar-refractivity contribution in [2.75, 3.05) is 0 Å². The highest BCUT2D eigenvalue weighted by Crippen LogP contribution is 2.39. The average molecular weight is 408 g/mol. The van der Waals surface area contributed by atoms with Gasteiger partial charge in [-0.05, 0) is 29.2 Å². The summed E-state index contributed by atoms with van der Waals surface area (Å²) in [5.41, 5.74) is 5.17. The minimum absolute atomic E-state index is 0.00186. The van der Waals surface area contributed by atoms with Gasteiger partial charge in [-0.15, -0.1) is 0 Å². The monoisotopic (exact) mass is 407 g/mol. The number of fused-ring (bicyclic) bond motifs is 3. The summed E-state index contributed by atoms with van der Waals surface area (Å²) in [5.74, 6) is 0.335. The molecule has 0 radical (unpaired) electrons. The number of halogens is 1. The van der Waals surface area contributed by atoms with E-state index < -0.39 is 0 Å². The van der Waals surface area contributed by atoms with Crippen LogP contribution >= 0.6 is 15.9 Å². The van der Waals surface area contributed by atoms with E-state index in [9.17, 15) is 5.11 Å². The number of alkyl halides is 1. The SMILES string of the molecule is CC(C)(C)c1cc(CBr)c(O)c(-n2c3ccccc3c3ccccc32)c1. The van der Waals surface area contributed by atoms with Crippen molar-refractivity contribution in [3.8, 4) is 11.4 Å². The van der Waals surface area contributed by atoms with Crippen LogP contribution in [0.4, 0.5) is 0 Å². The molecule has 2 nitrogen and oxygen atoms in total. The van der Waals surface area contributed by atoms with Crippen molar-refractivity contribution < 1.29 is 5.11 Å². The lowest BCUT2D eigenvalue weighted by atomic mass is 9.85. The highest BCUT2D eigenvalue weighted by Gasteiger charge is 2.21. The Labute approximate surface area is 162 Å². The average Bonchev–Trinajstić information content (AvgIpc) is 2.95. The minimum atomic E-state index is -0.00186. The van der Waals surface area contributed by atoms with Gasteiger partial charge in [-0.2, -0.15) is 0 Å². The normalized spacial score (nSPS) is 12.2. The van der Waals surface area contributed by atoms with E-state index in [1.807, 2.05) is 12.1 Å². The molecule has 0 saturated heterocycles. The Morgan fingerprint density at radius 2 is 1.42 bits per heavy atom. The van der Waals surface area contributed by atoms with Gasteiger partial charge in [0.15, 0.2) is 0 Å². The minimum Gasteiger partial charge on any atom is -0.505 e. The van der Waals surface area contributed by atoms with Crippen LogP contribution in [0.15, 0.2) is 60.7 Å². The standard InChI is InChI=1S/C23H22BrNO/c1-23(2,3)16-12-15(14-24)22(26)21(13-16)25-19-10-6-4-8-17(19)18-9-5-7-11-20(18)25/h4-13,26H,14H2,1-3H3. The molecule has 0 spiro atoms. The third-order valence-corrected chi connectivity index (χ3v) is 5.60. The largest absolute Gasteiger partial charge is 0.505 e. The molecule has 1 N–H and O–H groups in total. The molecular formula is C23H22BrNO. The summed E-state index contributed by atoms with van der Waals surface area (Å²) in [5, 5.41) is 14.0. The Morgan fingerprint density at radius 1 is 0.885 bits per heavy atom. The number of hydrogen-bond donors (Lipinski definition) is 1. The van der Waals surface area contributed by atoms with E-state index in [4.69, 9.17) is 0 Å². The Balaban J connectivity index is 2.16. The van der Waals surface area contributed by atoms with E-state index in [1.165, 1.54) is 16.3 Å². The summed E-state index contributed by atoms with van der Waals surface area (Å²) < 4.78 is 2.18. The number of aromatic hydroxyl groups is 1. The van der Waals surface area contributed by atoms with Gasteiger partial charge < -0.3 is 9.67 Å². The molecule has 1 heterocycles. The first-order valence-electron chi connectivity index (χ1n) is 8.82. The van der Waals surface area contributed by atoms with Gasteiger partial charge in [-0.1, -0.05) is 79.2 Å². The molecule has 0 bridgehead atoms. The Kier molecular flexibility index (Phi) is 4.07. The fourth-order valence-corrected chi connectivity index (χ4v) is 3.99. The number of rotatable bonds is 2. The van der Waals surface area contributed by atoms with Crippen LogP contribution in [0.3, 0.4) is 0 Å². The van der Waals surface area contributed by atoms with Gasteiger partial charge in [0.25, 0.3) is 0 Å². The van der Waals surface area contributed by atoms with E-state index in [2.05, 4.69) is 89.8 Å². The zero-order chi connectivity index (χ0) is 18.5. The van der Waals surface area contributed by atoms with Crippen LogP contribution in [-0.4, -0.2) is 9.67 Å². The highest BCUT2D eigenvalue weighted by atomic mass is 79.9. The molecule has 3 aromatic carbocycles. The summed E-state index contributed by atoms with van der Waals surface area (Å²) in [6, 6.07) is 21.0. The molecule has 4 rings (SSSR count). The molecule has 0 aliphatic rings. The molecule has 1 aromatic heterocycles. The second-order valence-corrected chi connectivity index (χ2v) is 8.32. The van der Waals surface area contributed by atoms with E-state index in [0.29, 0.717) is 11.1 Å². The van der Waals surface area contributed by atoms with Gasteiger partial charge in [0.05, 0.1) is 16.7 Å². The first-order chi connectivity index (χ1) is 12.4. The maximum atomic E-state index is 11.0. The van der Waals surface area contributed by atoms with E-state index in [-0.39, 0.29) is 5.41 Å². The fraction of sp³-hybridized carbons (Fsp3) is 0.217. The molecule has 0 unspecified atom stereocenters. The molecule has 26 heavy (non-hydrogen) atoms. The number of aromatic nitrogens is 1. The predicted molar refractivity (Wildman–Crippen MR) is 114 cm³/mol. The van der Waals surface area contributed by atoms with Gasteiger partial charge in [-0.3, -0.25) is 0 Å². The third kappa shape index (κ3) is 2.62. The van der Waals surface area contributed by atoms with E-state index in [1.54, 1.807) is 0 Å². The Hall–Kier alpha value is -2.26. The quantitative estimate of drug-likeness (QED) is 0.368. The van der Waals surface area contributed by atoms with Crippen molar-refractivity contribution in [3.63, 3.8) is 0 Å². The lowest BCUT2D eigenvalue weighted by Crippen LogP contribution is -2.12. The summed E-state index contributed by atoms with van der Waals surface area (Å²) in [6.07, 6.45) is 0. The summed E-state index contributed by atoms with van der Waals surface area (Å²) in [7, 11) is 0. The van der Waals surface area contributed by atoms with Crippen molar-refractivity contribution >= 4 is 37.7 Å². The molecule has 0 fully saturated rings. The van der Waals surface area contributed by atoms with Crippen molar-refractivity contribution in [2.45, 2.75) is 31.5 Å². The van der Waals surface area contributed by atoms with Crippen molar-refractivity contribution in [3.05, 3.63) is 71.8 Å². The molecule has 4 aromatic rings. The summed E-state index contributed by atoms with van der Waals surface area (Å²) in [4.78, 5) is 0. The smallest absolute Gasteiger partial charge is 0.143 e. The van der Waals surface area contributed by atoms with Crippen molar-refractivity contribution in [2.24, 2.45) is 0 Å². The Bertz CT molecular complexity index is 1070. The second kappa shape index (κ2) is 6.17. The van der Waals surface area contributed by atoms with Crippen LogP contribution in [-0.2, 0) is 10.7 Å². The van der Waals surface area contributed by atoms with Crippen molar-refractivity contribution in [1.29, 1.82) is 0 Å². The van der Waals surface area contributed by atoms with E-state index >= 15 is 0 Å². The first-order valence-corrected chi connectivity index (χ1v) is 9.95. The van der Waals surface area contributed by atoms with Gasteiger partial charge in [0.2, 0.25) is 0 Å². The number of phenols is 1. The van der Waals surface area contributed by atoms with Gasteiger partial charge in [0, 0.05) is 21.7 Å².